The number of fused-ring (bicyclic) bond motifs is 1. The van der Waals surface area contributed by atoms with Crippen LogP contribution in [-0.2, 0) is 0 Å². The average Bonchev–Trinajstić information content (AvgIpc) is 2.06. The molecule has 0 aliphatic heterocycles. The summed E-state index contributed by atoms with van der Waals surface area (Å²) in [5, 5.41) is 2.66. The molecule has 0 unspecified atom stereocenters. The van der Waals surface area contributed by atoms with Crippen LogP contribution >= 0.6 is 22.6 Å². The predicted molar refractivity (Wildman–Crippen MR) is 54.4 cm³/mol. The molecule has 1 aliphatic rings. The summed E-state index contributed by atoms with van der Waals surface area (Å²) >= 11 is 2.33. The van der Waals surface area contributed by atoms with Gasteiger partial charge in [-0.15, -0.1) is 0 Å². The number of hydrogen-bond donors (Lipinski definition) is 0. The zero-order chi connectivity index (χ0) is 7.68. The lowest BCUT2D eigenvalue weighted by atomic mass is 10.1. The van der Waals surface area contributed by atoms with Crippen molar-refractivity contribution in [3.05, 3.63) is 26.4 Å². The van der Waals surface area contributed by atoms with Gasteiger partial charge < -0.3 is 0 Å². The Morgan fingerprint density at radius 1 is 1.18 bits per heavy atom. The van der Waals surface area contributed by atoms with E-state index in [2.05, 4.69) is 39.7 Å². The van der Waals surface area contributed by atoms with Crippen molar-refractivity contribution in [3.63, 3.8) is 0 Å². The molecule has 0 N–H and O–H groups in total. The highest BCUT2D eigenvalue weighted by Crippen LogP contribution is 1.98. The van der Waals surface area contributed by atoms with Gasteiger partial charge in [-0.3, -0.25) is 4.98 Å². The fraction of sp³-hybridized carbons (Fsp3) is 0.222. The molecule has 1 aromatic rings. The summed E-state index contributed by atoms with van der Waals surface area (Å²) in [6.45, 7) is 0. The van der Waals surface area contributed by atoms with Crippen LogP contribution in [0.25, 0.3) is 12.2 Å². The second-order valence-corrected chi connectivity index (χ2v) is 3.77. The Balaban J connectivity index is 2.88. The molecule has 0 spiro atoms. The van der Waals surface area contributed by atoms with Gasteiger partial charge in [0.25, 0.3) is 0 Å². The van der Waals surface area contributed by atoms with E-state index in [1.807, 2.05) is 12.4 Å². The highest BCUT2D eigenvalue weighted by molar-refractivity contribution is 14.1. The van der Waals surface area contributed by atoms with E-state index in [1.54, 1.807) is 0 Å². The van der Waals surface area contributed by atoms with Gasteiger partial charge in [0.2, 0.25) is 0 Å². The Bertz CT molecular complexity index is 381. The summed E-state index contributed by atoms with van der Waals surface area (Å²) in [7, 11) is 0. The minimum absolute atomic E-state index is 1.16. The van der Waals surface area contributed by atoms with E-state index in [4.69, 9.17) is 0 Å². The first-order valence-electron chi connectivity index (χ1n) is 3.68. The Kier molecular flexibility index (Phi) is 1.94. The third-order valence-electron chi connectivity index (χ3n) is 1.85. The number of pyridine rings is 1. The molecule has 1 aromatic heterocycles. The van der Waals surface area contributed by atoms with Gasteiger partial charge in [-0.2, -0.15) is 0 Å². The lowest BCUT2D eigenvalue weighted by molar-refractivity contribution is 1.10. The van der Waals surface area contributed by atoms with E-state index in [-0.39, 0.29) is 0 Å². The molecule has 1 heterocycles. The number of hydrogen-bond acceptors (Lipinski definition) is 1. The molecule has 0 saturated carbocycles. The van der Waals surface area contributed by atoms with E-state index in [0.29, 0.717) is 0 Å². The zero-order valence-corrected chi connectivity index (χ0v) is 8.21. The number of halogens is 1. The van der Waals surface area contributed by atoms with Crippen LogP contribution in [0.5, 0.6) is 0 Å². The maximum atomic E-state index is 4.14. The van der Waals surface area contributed by atoms with Crippen LogP contribution in [-0.4, -0.2) is 4.98 Å². The molecule has 2 rings (SSSR count). The molecule has 1 nitrogen and oxygen atoms in total. The molecule has 56 valence electrons. The van der Waals surface area contributed by atoms with Gasteiger partial charge in [-0.1, -0.05) is 12.2 Å². The summed E-state index contributed by atoms with van der Waals surface area (Å²) in [5.74, 6) is 0. The standard InChI is InChI=1S/C9H8IN/c10-9-6-11-5-7-3-1-2-4-8(7)9/h3-6H,1-2H2. The number of nitrogens with zero attached hydrogens (tertiary/aromatic N) is 1. The molecule has 11 heavy (non-hydrogen) atoms. The van der Waals surface area contributed by atoms with Crippen molar-refractivity contribution in [1.29, 1.82) is 0 Å². The fourth-order valence-electron chi connectivity index (χ4n) is 1.30. The largest absolute Gasteiger partial charge is 0.263 e. The Morgan fingerprint density at radius 2 is 2.00 bits per heavy atom. The highest BCUT2D eigenvalue weighted by Gasteiger charge is 1.95. The van der Waals surface area contributed by atoms with Crippen LogP contribution in [0.3, 0.4) is 0 Å². The molecule has 1 aliphatic carbocycles. The number of aromatic nitrogens is 1. The molecule has 0 radical (unpaired) electrons. The van der Waals surface area contributed by atoms with Crippen molar-refractivity contribution in [3.8, 4) is 0 Å². The zero-order valence-electron chi connectivity index (χ0n) is 6.05. The third-order valence-corrected chi connectivity index (χ3v) is 2.71. The predicted octanol–water partition coefficient (Wildman–Crippen LogP) is 1.04. The van der Waals surface area contributed by atoms with E-state index >= 15 is 0 Å². The molecule has 0 fully saturated rings. The topological polar surface area (TPSA) is 12.9 Å². The van der Waals surface area contributed by atoms with Gasteiger partial charge in [0.1, 0.15) is 0 Å². The molecule has 0 aromatic carbocycles. The van der Waals surface area contributed by atoms with Crippen LogP contribution in [0.1, 0.15) is 12.8 Å². The lowest BCUT2D eigenvalue weighted by Gasteiger charge is -1.99. The summed E-state index contributed by atoms with van der Waals surface area (Å²) in [6, 6.07) is 0. The molecule has 0 bridgehead atoms. The van der Waals surface area contributed by atoms with E-state index in [9.17, 15) is 0 Å². The van der Waals surface area contributed by atoms with E-state index in [1.165, 1.54) is 20.4 Å². The molecule has 0 atom stereocenters. The van der Waals surface area contributed by atoms with Crippen molar-refractivity contribution in [2.24, 2.45) is 0 Å². The SMILES string of the molecule is Ic1cncc2c1=CCCC=2. The van der Waals surface area contributed by atoms with E-state index in [0.717, 1.165) is 6.42 Å². The average molecular weight is 257 g/mol. The fourth-order valence-corrected chi connectivity index (χ4v) is 2.00. The lowest BCUT2D eigenvalue weighted by Crippen LogP contribution is -2.29. The van der Waals surface area contributed by atoms with Crippen LogP contribution in [0.2, 0.25) is 0 Å². The quantitative estimate of drug-likeness (QED) is 0.633. The Morgan fingerprint density at radius 3 is 2.82 bits per heavy atom. The molecular weight excluding hydrogens is 249 g/mol. The molecule has 2 heteroatoms. The first kappa shape index (κ1) is 7.28. The van der Waals surface area contributed by atoms with Gasteiger partial charge in [-0.05, 0) is 45.9 Å². The van der Waals surface area contributed by atoms with Crippen molar-refractivity contribution >= 4 is 34.7 Å². The molecule has 0 amide bonds. The first-order valence-corrected chi connectivity index (χ1v) is 4.76. The van der Waals surface area contributed by atoms with Crippen LogP contribution < -0.4 is 10.4 Å². The monoisotopic (exact) mass is 257 g/mol. The number of rotatable bonds is 0. The smallest absolute Gasteiger partial charge is 0.0407 e. The van der Waals surface area contributed by atoms with Crippen molar-refractivity contribution < 1.29 is 0 Å². The maximum Gasteiger partial charge on any atom is 0.0407 e. The molecule has 0 saturated heterocycles. The molecular formula is C9H8IN. The third kappa shape index (κ3) is 1.31. The van der Waals surface area contributed by atoms with Crippen molar-refractivity contribution in [2.45, 2.75) is 12.8 Å². The van der Waals surface area contributed by atoms with Crippen LogP contribution in [0, 0.1) is 3.57 Å². The van der Waals surface area contributed by atoms with Gasteiger partial charge in [0, 0.05) is 16.0 Å². The van der Waals surface area contributed by atoms with Crippen LogP contribution in [0.4, 0.5) is 0 Å². The van der Waals surface area contributed by atoms with E-state index < -0.39 is 0 Å². The van der Waals surface area contributed by atoms with Gasteiger partial charge in [0.05, 0.1) is 0 Å². The second kappa shape index (κ2) is 2.93. The van der Waals surface area contributed by atoms with Crippen LogP contribution in [0.15, 0.2) is 12.4 Å². The maximum absolute atomic E-state index is 4.14. The highest BCUT2D eigenvalue weighted by atomic mass is 127. The minimum atomic E-state index is 1.16. The summed E-state index contributed by atoms with van der Waals surface area (Å²) in [6.07, 6.45) is 10.7. The van der Waals surface area contributed by atoms with Gasteiger partial charge in [-0.25, -0.2) is 0 Å². The summed E-state index contributed by atoms with van der Waals surface area (Å²) in [5.41, 5.74) is 0. The Hall–Kier alpha value is -0.380. The summed E-state index contributed by atoms with van der Waals surface area (Å²) in [4.78, 5) is 4.14. The van der Waals surface area contributed by atoms with Crippen molar-refractivity contribution in [1.82, 2.24) is 4.98 Å². The summed E-state index contributed by atoms with van der Waals surface area (Å²) < 4.78 is 1.26. The van der Waals surface area contributed by atoms with Gasteiger partial charge >= 0.3 is 0 Å². The first-order chi connectivity index (χ1) is 5.38. The second-order valence-electron chi connectivity index (χ2n) is 2.61. The van der Waals surface area contributed by atoms with Gasteiger partial charge in [0.15, 0.2) is 0 Å². The minimum Gasteiger partial charge on any atom is -0.263 e. The van der Waals surface area contributed by atoms with Crippen molar-refractivity contribution in [2.75, 3.05) is 0 Å². The normalized spacial score (nSPS) is 14.6. The Labute approximate surface area is 79.0 Å².